The van der Waals surface area contributed by atoms with E-state index in [0.717, 1.165) is 12.8 Å². The third-order valence-corrected chi connectivity index (χ3v) is 2.24. The third kappa shape index (κ3) is 1.61. The fourth-order valence-corrected chi connectivity index (χ4v) is 1.45. The van der Waals surface area contributed by atoms with Crippen LogP contribution in [0.1, 0.15) is 12.8 Å². The number of nitrogens with one attached hydrogen (secondary N) is 2. The van der Waals surface area contributed by atoms with Gasteiger partial charge in [-0.15, -0.1) is 0 Å². The van der Waals surface area contributed by atoms with Crippen LogP contribution < -0.4 is 16.6 Å². The van der Waals surface area contributed by atoms with Crippen LogP contribution in [0.25, 0.3) is 0 Å². The zero-order valence-electron chi connectivity index (χ0n) is 7.66. The first kappa shape index (κ1) is 8.80. The summed E-state index contributed by atoms with van der Waals surface area (Å²) in [6.07, 6.45) is 7.45. The van der Waals surface area contributed by atoms with Gasteiger partial charge < -0.3 is 16.0 Å². The second-order valence-electron chi connectivity index (χ2n) is 3.28. The average Bonchev–Trinajstić information content (AvgIpc) is 2.66. The van der Waals surface area contributed by atoms with Crippen LogP contribution in [0, 0.1) is 0 Å². The number of hydrogen-bond acceptors (Lipinski definition) is 4. The van der Waals surface area contributed by atoms with Gasteiger partial charge in [0.25, 0.3) is 5.56 Å². The molecule has 1 aliphatic carbocycles. The summed E-state index contributed by atoms with van der Waals surface area (Å²) in [5.41, 5.74) is 5.43. The maximum Gasteiger partial charge on any atom is 0.276 e. The Morgan fingerprint density at radius 1 is 1.50 bits per heavy atom. The Morgan fingerprint density at radius 3 is 2.93 bits per heavy atom. The number of anilines is 2. The van der Waals surface area contributed by atoms with Crippen molar-refractivity contribution in [2.75, 3.05) is 11.1 Å². The molecular weight excluding hydrogens is 180 g/mol. The van der Waals surface area contributed by atoms with Gasteiger partial charge in [-0.3, -0.25) is 4.79 Å². The van der Waals surface area contributed by atoms with Crippen LogP contribution in [0.2, 0.25) is 0 Å². The summed E-state index contributed by atoms with van der Waals surface area (Å²) in [7, 11) is 0. The van der Waals surface area contributed by atoms with Crippen LogP contribution in [-0.4, -0.2) is 16.0 Å². The van der Waals surface area contributed by atoms with Crippen molar-refractivity contribution in [1.82, 2.24) is 9.97 Å². The molecule has 0 radical (unpaired) electrons. The number of nitrogen functional groups attached to an aromatic ring is 1. The molecule has 0 aromatic carbocycles. The van der Waals surface area contributed by atoms with Crippen LogP contribution in [0.3, 0.4) is 0 Å². The number of rotatable bonds is 2. The van der Waals surface area contributed by atoms with Crippen LogP contribution >= 0.6 is 0 Å². The summed E-state index contributed by atoms with van der Waals surface area (Å²) in [6.45, 7) is 0. The van der Waals surface area contributed by atoms with Gasteiger partial charge in [0.1, 0.15) is 5.69 Å². The largest absolute Gasteiger partial charge is 0.391 e. The van der Waals surface area contributed by atoms with Crippen molar-refractivity contribution in [3.8, 4) is 0 Å². The molecule has 4 N–H and O–H groups in total. The van der Waals surface area contributed by atoms with E-state index in [1.807, 2.05) is 0 Å². The molecular formula is C9H12N4O. The van der Waals surface area contributed by atoms with Gasteiger partial charge in [-0.05, 0) is 12.8 Å². The minimum Gasteiger partial charge on any atom is -0.391 e. The van der Waals surface area contributed by atoms with Gasteiger partial charge in [-0.1, -0.05) is 12.2 Å². The van der Waals surface area contributed by atoms with Crippen LogP contribution in [0.5, 0.6) is 0 Å². The number of aromatic amines is 1. The Balaban J connectivity index is 2.16. The highest BCUT2D eigenvalue weighted by Gasteiger charge is 2.12. The van der Waals surface area contributed by atoms with E-state index in [1.54, 1.807) is 0 Å². The van der Waals surface area contributed by atoms with Crippen molar-refractivity contribution in [2.45, 2.75) is 18.9 Å². The molecule has 74 valence electrons. The zero-order valence-corrected chi connectivity index (χ0v) is 7.66. The highest BCUT2D eigenvalue weighted by molar-refractivity contribution is 5.59. The van der Waals surface area contributed by atoms with Gasteiger partial charge in [0.05, 0.1) is 6.33 Å². The predicted octanol–water partition coefficient (Wildman–Crippen LogP) is 0.483. The first-order valence-corrected chi connectivity index (χ1v) is 4.52. The summed E-state index contributed by atoms with van der Waals surface area (Å²) in [6, 6.07) is 0.312. The summed E-state index contributed by atoms with van der Waals surface area (Å²) in [5.74, 6) is 0.474. The van der Waals surface area contributed by atoms with Gasteiger partial charge >= 0.3 is 0 Å². The Hall–Kier alpha value is -1.78. The van der Waals surface area contributed by atoms with Gasteiger partial charge in [0, 0.05) is 6.04 Å². The van der Waals surface area contributed by atoms with E-state index in [1.165, 1.54) is 6.33 Å². The van der Waals surface area contributed by atoms with Crippen molar-refractivity contribution in [3.05, 3.63) is 28.8 Å². The Bertz CT molecular complexity index is 402. The molecule has 5 heteroatoms. The van der Waals surface area contributed by atoms with Crippen molar-refractivity contribution in [1.29, 1.82) is 0 Å². The Kier molecular flexibility index (Phi) is 2.22. The summed E-state index contributed by atoms with van der Waals surface area (Å²) in [5, 5.41) is 3.13. The van der Waals surface area contributed by atoms with Gasteiger partial charge in [-0.2, -0.15) is 0 Å². The normalized spacial score (nSPS) is 16.0. The van der Waals surface area contributed by atoms with Crippen molar-refractivity contribution < 1.29 is 0 Å². The van der Waals surface area contributed by atoms with E-state index in [0.29, 0.717) is 11.9 Å². The minimum atomic E-state index is -0.298. The van der Waals surface area contributed by atoms with E-state index < -0.39 is 0 Å². The number of nitrogens with zero attached hydrogens (tertiary/aromatic N) is 1. The summed E-state index contributed by atoms with van der Waals surface area (Å²) >= 11 is 0. The summed E-state index contributed by atoms with van der Waals surface area (Å²) < 4.78 is 0. The van der Waals surface area contributed by atoms with E-state index in [-0.39, 0.29) is 11.2 Å². The third-order valence-electron chi connectivity index (χ3n) is 2.24. The molecule has 2 rings (SSSR count). The van der Waals surface area contributed by atoms with Gasteiger partial charge in [0.2, 0.25) is 0 Å². The molecule has 0 fully saturated rings. The highest BCUT2D eigenvalue weighted by atomic mass is 16.1. The highest BCUT2D eigenvalue weighted by Crippen LogP contribution is 2.16. The van der Waals surface area contributed by atoms with E-state index in [4.69, 9.17) is 5.73 Å². The van der Waals surface area contributed by atoms with Crippen molar-refractivity contribution in [2.24, 2.45) is 0 Å². The first-order chi connectivity index (χ1) is 6.77. The van der Waals surface area contributed by atoms with Crippen LogP contribution in [0.4, 0.5) is 11.5 Å². The molecule has 0 unspecified atom stereocenters. The fraction of sp³-hybridized carbons (Fsp3) is 0.333. The molecule has 1 aromatic heterocycles. The van der Waals surface area contributed by atoms with Gasteiger partial charge in [0.15, 0.2) is 5.82 Å². The maximum atomic E-state index is 11.1. The molecule has 1 aromatic rings. The lowest BCUT2D eigenvalue weighted by Crippen LogP contribution is -2.21. The number of nitrogens with two attached hydrogens (primary N) is 1. The number of aromatic nitrogens is 2. The average molecular weight is 192 g/mol. The summed E-state index contributed by atoms with van der Waals surface area (Å²) in [4.78, 5) is 17.5. The lowest BCUT2D eigenvalue weighted by Gasteiger charge is -2.13. The molecule has 0 spiro atoms. The number of hydrogen-bond donors (Lipinski definition) is 3. The molecule has 1 aliphatic rings. The van der Waals surface area contributed by atoms with Crippen LogP contribution in [-0.2, 0) is 0 Å². The fourth-order valence-electron chi connectivity index (χ4n) is 1.45. The molecule has 1 heterocycles. The van der Waals surface area contributed by atoms with E-state index in [2.05, 4.69) is 27.4 Å². The zero-order chi connectivity index (χ0) is 9.97. The molecule has 0 bridgehead atoms. The maximum absolute atomic E-state index is 11.1. The second kappa shape index (κ2) is 3.53. The predicted molar refractivity (Wildman–Crippen MR) is 55.1 cm³/mol. The van der Waals surface area contributed by atoms with Crippen molar-refractivity contribution >= 4 is 11.5 Å². The first-order valence-electron chi connectivity index (χ1n) is 4.52. The molecule has 14 heavy (non-hydrogen) atoms. The Morgan fingerprint density at radius 2 is 2.21 bits per heavy atom. The molecule has 0 amide bonds. The van der Waals surface area contributed by atoms with Crippen molar-refractivity contribution in [3.63, 3.8) is 0 Å². The quantitative estimate of drug-likeness (QED) is 0.595. The smallest absolute Gasteiger partial charge is 0.276 e. The SMILES string of the molecule is Nc1c(NC2CC=CC2)nc[nH]c1=O. The van der Waals surface area contributed by atoms with Gasteiger partial charge in [-0.25, -0.2) is 4.98 Å². The molecule has 0 saturated heterocycles. The molecule has 0 saturated carbocycles. The minimum absolute atomic E-state index is 0.152. The Labute approximate surface area is 81.1 Å². The molecule has 0 atom stereocenters. The van der Waals surface area contributed by atoms with Crippen LogP contribution in [0.15, 0.2) is 23.3 Å². The molecule has 5 nitrogen and oxygen atoms in total. The second-order valence-corrected chi connectivity index (χ2v) is 3.28. The monoisotopic (exact) mass is 192 g/mol. The van der Waals surface area contributed by atoms with E-state index >= 15 is 0 Å². The lowest BCUT2D eigenvalue weighted by molar-refractivity contribution is 0.780. The standard InChI is InChI=1S/C9H12N4O/c10-7-8(11-5-12-9(7)14)13-6-3-1-2-4-6/h1-2,5-6H,3-4,10H2,(H2,11,12,13,14). The topological polar surface area (TPSA) is 83.8 Å². The lowest BCUT2D eigenvalue weighted by atomic mass is 10.2. The molecule has 0 aliphatic heterocycles. The number of H-pyrrole nitrogens is 1. The van der Waals surface area contributed by atoms with E-state index in [9.17, 15) is 4.79 Å².